The lowest BCUT2D eigenvalue weighted by Crippen LogP contribution is -2.29. The molecular formula is C24H27NO. The molecule has 0 heterocycles. The first-order valence-corrected chi connectivity index (χ1v) is 9.65. The molecule has 1 saturated carbocycles. The van der Waals surface area contributed by atoms with Crippen molar-refractivity contribution in [1.29, 1.82) is 0 Å². The number of phenols is 1. The van der Waals surface area contributed by atoms with Crippen LogP contribution in [-0.2, 0) is 0 Å². The van der Waals surface area contributed by atoms with E-state index < -0.39 is 0 Å². The van der Waals surface area contributed by atoms with E-state index in [1.54, 1.807) is 0 Å². The zero-order valence-electron chi connectivity index (χ0n) is 15.6. The van der Waals surface area contributed by atoms with Crippen LogP contribution < -0.4 is 5.32 Å². The van der Waals surface area contributed by atoms with Gasteiger partial charge in [0.15, 0.2) is 0 Å². The molecule has 2 N–H and O–H groups in total. The smallest absolute Gasteiger partial charge is 0.118 e. The van der Waals surface area contributed by atoms with Gasteiger partial charge in [0.25, 0.3) is 0 Å². The standard InChI is InChI=1S/C24H27NO/c1-16-14-19(11-13-24(16)26)20-10-12-21(15-20)25-17(2)22-9-5-7-18-6-3-4-8-23(18)22/h3-9,11,13-14,17,20-21,25-26H,10,12,15H2,1-2H3/t17-,20-,21+/m1/s1. The molecule has 134 valence electrons. The van der Waals surface area contributed by atoms with E-state index in [9.17, 15) is 5.11 Å². The average Bonchev–Trinajstić information content (AvgIpc) is 3.12. The highest BCUT2D eigenvalue weighted by molar-refractivity contribution is 5.86. The lowest BCUT2D eigenvalue weighted by molar-refractivity contribution is 0.458. The van der Waals surface area contributed by atoms with Gasteiger partial charge >= 0.3 is 0 Å². The van der Waals surface area contributed by atoms with Gasteiger partial charge in [-0.3, -0.25) is 0 Å². The minimum absolute atomic E-state index is 0.339. The Morgan fingerprint density at radius 3 is 2.65 bits per heavy atom. The van der Waals surface area contributed by atoms with E-state index in [2.05, 4.69) is 66.8 Å². The fourth-order valence-corrected chi connectivity index (χ4v) is 4.44. The minimum atomic E-state index is 0.339. The van der Waals surface area contributed by atoms with Gasteiger partial charge in [0, 0.05) is 12.1 Å². The number of rotatable bonds is 4. The molecule has 26 heavy (non-hydrogen) atoms. The number of nitrogens with one attached hydrogen (secondary N) is 1. The van der Waals surface area contributed by atoms with Crippen molar-refractivity contribution in [1.82, 2.24) is 5.32 Å². The molecular weight excluding hydrogens is 318 g/mol. The van der Waals surface area contributed by atoms with Crippen molar-refractivity contribution in [2.24, 2.45) is 0 Å². The van der Waals surface area contributed by atoms with E-state index in [1.165, 1.54) is 41.2 Å². The van der Waals surface area contributed by atoms with E-state index in [4.69, 9.17) is 0 Å². The third-order valence-corrected chi connectivity index (χ3v) is 5.90. The van der Waals surface area contributed by atoms with Crippen molar-refractivity contribution in [2.75, 3.05) is 0 Å². The SMILES string of the molecule is Cc1cc([C@@H]2CC[C@H](N[C@H](C)c3cccc4ccccc34)C2)ccc1O. The fraction of sp³-hybridized carbons (Fsp3) is 0.333. The van der Waals surface area contributed by atoms with E-state index in [-0.39, 0.29) is 0 Å². The van der Waals surface area contributed by atoms with Gasteiger partial charge in [-0.25, -0.2) is 0 Å². The molecule has 3 atom stereocenters. The number of fused-ring (bicyclic) bond motifs is 1. The summed E-state index contributed by atoms with van der Waals surface area (Å²) in [6.07, 6.45) is 3.59. The third kappa shape index (κ3) is 3.34. The second kappa shape index (κ2) is 7.13. The first kappa shape index (κ1) is 17.1. The molecule has 0 amide bonds. The number of phenolic OH excluding ortho intramolecular Hbond substituents is 1. The number of benzene rings is 3. The Bertz CT molecular complexity index is 912. The Morgan fingerprint density at radius 1 is 1.00 bits per heavy atom. The summed E-state index contributed by atoms with van der Waals surface area (Å²) in [5.74, 6) is 0.984. The lowest BCUT2D eigenvalue weighted by Gasteiger charge is -2.21. The highest BCUT2D eigenvalue weighted by atomic mass is 16.3. The van der Waals surface area contributed by atoms with Gasteiger partial charge in [0.1, 0.15) is 5.75 Å². The van der Waals surface area contributed by atoms with Crippen LogP contribution >= 0.6 is 0 Å². The van der Waals surface area contributed by atoms with Gasteiger partial charge < -0.3 is 10.4 Å². The zero-order valence-corrected chi connectivity index (χ0v) is 15.6. The maximum atomic E-state index is 9.76. The summed E-state index contributed by atoms with van der Waals surface area (Å²) < 4.78 is 0. The molecule has 0 spiro atoms. The number of hydrogen-bond donors (Lipinski definition) is 2. The molecule has 1 fully saturated rings. The van der Waals surface area contributed by atoms with Crippen LogP contribution in [0.15, 0.2) is 60.7 Å². The van der Waals surface area contributed by atoms with Crippen LogP contribution in [0.25, 0.3) is 10.8 Å². The Morgan fingerprint density at radius 2 is 1.81 bits per heavy atom. The maximum absolute atomic E-state index is 9.76. The Labute approximate surface area is 155 Å². The number of aryl methyl sites for hydroxylation is 1. The van der Waals surface area contributed by atoms with Crippen molar-refractivity contribution in [2.45, 2.75) is 51.1 Å². The summed E-state index contributed by atoms with van der Waals surface area (Å²) in [6.45, 7) is 4.26. The van der Waals surface area contributed by atoms with Gasteiger partial charge in [-0.05, 0) is 72.6 Å². The molecule has 0 radical (unpaired) electrons. The van der Waals surface area contributed by atoms with Crippen LogP contribution in [0.3, 0.4) is 0 Å². The molecule has 0 aliphatic heterocycles. The highest BCUT2D eigenvalue weighted by Crippen LogP contribution is 2.37. The van der Waals surface area contributed by atoms with Crippen molar-refractivity contribution in [3.63, 3.8) is 0 Å². The largest absolute Gasteiger partial charge is 0.508 e. The quantitative estimate of drug-likeness (QED) is 0.622. The van der Waals surface area contributed by atoms with Crippen molar-refractivity contribution in [3.8, 4) is 5.75 Å². The topological polar surface area (TPSA) is 32.3 Å². The van der Waals surface area contributed by atoms with Gasteiger partial charge in [0.2, 0.25) is 0 Å². The molecule has 0 bridgehead atoms. The number of hydrogen-bond acceptors (Lipinski definition) is 2. The van der Waals surface area contributed by atoms with Gasteiger partial charge in [-0.1, -0.05) is 54.6 Å². The van der Waals surface area contributed by atoms with Gasteiger partial charge in [0.05, 0.1) is 0 Å². The van der Waals surface area contributed by atoms with E-state index in [0.29, 0.717) is 23.8 Å². The second-order valence-corrected chi connectivity index (χ2v) is 7.71. The van der Waals surface area contributed by atoms with Crippen LogP contribution in [0.5, 0.6) is 5.75 Å². The molecule has 0 aromatic heterocycles. The van der Waals surface area contributed by atoms with Gasteiger partial charge in [-0.2, -0.15) is 0 Å². The summed E-state index contributed by atoms with van der Waals surface area (Å²) in [7, 11) is 0. The first-order valence-electron chi connectivity index (χ1n) is 9.65. The molecule has 4 rings (SSSR count). The zero-order chi connectivity index (χ0) is 18.1. The van der Waals surface area contributed by atoms with Crippen LogP contribution in [-0.4, -0.2) is 11.1 Å². The molecule has 1 aliphatic carbocycles. The molecule has 0 unspecified atom stereocenters. The summed E-state index contributed by atoms with van der Waals surface area (Å²) in [4.78, 5) is 0. The van der Waals surface area contributed by atoms with Crippen molar-refractivity contribution < 1.29 is 5.11 Å². The predicted molar refractivity (Wildman–Crippen MR) is 109 cm³/mol. The molecule has 3 aromatic carbocycles. The second-order valence-electron chi connectivity index (χ2n) is 7.71. The Balaban J connectivity index is 1.47. The van der Waals surface area contributed by atoms with Crippen molar-refractivity contribution >= 4 is 10.8 Å². The molecule has 2 nitrogen and oxygen atoms in total. The number of aromatic hydroxyl groups is 1. The molecule has 0 saturated heterocycles. The van der Waals surface area contributed by atoms with Crippen LogP contribution in [0.2, 0.25) is 0 Å². The van der Waals surface area contributed by atoms with E-state index in [0.717, 1.165) is 5.56 Å². The first-order chi connectivity index (χ1) is 12.6. The van der Waals surface area contributed by atoms with E-state index in [1.807, 2.05) is 13.0 Å². The third-order valence-electron chi connectivity index (χ3n) is 5.90. The van der Waals surface area contributed by atoms with Crippen LogP contribution in [0.1, 0.15) is 54.8 Å². The molecule has 3 aromatic rings. The molecule has 1 aliphatic rings. The van der Waals surface area contributed by atoms with Crippen molar-refractivity contribution in [3.05, 3.63) is 77.4 Å². The van der Waals surface area contributed by atoms with Crippen LogP contribution in [0, 0.1) is 6.92 Å². The predicted octanol–water partition coefficient (Wildman–Crippen LogP) is 5.84. The van der Waals surface area contributed by atoms with Crippen LogP contribution in [0.4, 0.5) is 0 Å². The average molecular weight is 345 g/mol. The fourth-order valence-electron chi connectivity index (χ4n) is 4.44. The lowest BCUT2D eigenvalue weighted by atomic mass is 9.95. The summed E-state index contributed by atoms with van der Waals surface area (Å²) in [5.41, 5.74) is 3.72. The maximum Gasteiger partial charge on any atom is 0.118 e. The van der Waals surface area contributed by atoms with Gasteiger partial charge in [-0.15, -0.1) is 0 Å². The summed E-state index contributed by atoms with van der Waals surface area (Å²) >= 11 is 0. The summed E-state index contributed by atoms with van der Waals surface area (Å²) in [6, 6.07) is 22.2. The summed E-state index contributed by atoms with van der Waals surface area (Å²) in [5, 5.41) is 16.3. The van der Waals surface area contributed by atoms with E-state index >= 15 is 0 Å². The minimum Gasteiger partial charge on any atom is -0.508 e. The Kier molecular flexibility index (Phi) is 4.69. The monoisotopic (exact) mass is 345 g/mol. The molecule has 2 heteroatoms. The normalized spacial score (nSPS) is 21.2. The Hall–Kier alpha value is -2.32. The highest BCUT2D eigenvalue weighted by Gasteiger charge is 2.27.